The van der Waals surface area contributed by atoms with E-state index in [2.05, 4.69) is 49.7 Å². The fraction of sp³-hybridized carbons (Fsp3) is 0.318. The average Bonchev–Trinajstić information content (AvgIpc) is 3.22. The number of nitrogens with one attached hydrogen (secondary N) is 2. The summed E-state index contributed by atoms with van der Waals surface area (Å²) in [6.07, 6.45) is 5.21. The Labute approximate surface area is 164 Å². The fourth-order valence-corrected chi connectivity index (χ4v) is 4.14. The lowest BCUT2D eigenvalue weighted by Gasteiger charge is -2.17. The number of nitrogens with zero attached hydrogens (tertiary/aromatic N) is 3. The van der Waals surface area contributed by atoms with Crippen LogP contribution in [0.2, 0.25) is 0 Å². The van der Waals surface area contributed by atoms with Gasteiger partial charge in [0.15, 0.2) is 0 Å². The monoisotopic (exact) mass is 373 g/mol. The zero-order chi connectivity index (χ0) is 18.9. The van der Waals surface area contributed by atoms with Crippen molar-refractivity contribution in [3.8, 4) is 11.3 Å². The number of carbonyl (C=O) groups is 1. The summed E-state index contributed by atoms with van der Waals surface area (Å²) in [4.78, 5) is 18.7. The van der Waals surface area contributed by atoms with E-state index in [4.69, 9.17) is 0 Å². The molecular formula is C22H23N5O. The van der Waals surface area contributed by atoms with E-state index in [1.807, 2.05) is 24.3 Å². The second-order valence-corrected chi connectivity index (χ2v) is 7.67. The largest absolute Gasteiger partial charge is 0.337 e. The highest BCUT2D eigenvalue weighted by atomic mass is 16.2. The van der Waals surface area contributed by atoms with E-state index >= 15 is 0 Å². The van der Waals surface area contributed by atoms with E-state index in [1.54, 1.807) is 12.4 Å². The molecule has 2 aromatic heterocycles. The highest BCUT2D eigenvalue weighted by Crippen LogP contribution is 2.45. The molecule has 6 heteroatoms. The Morgan fingerprint density at radius 3 is 2.89 bits per heavy atom. The van der Waals surface area contributed by atoms with Crippen molar-refractivity contribution in [3.05, 3.63) is 72.2 Å². The summed E-state index contributed by atoms with van der Waals surface area (Å²) in [6.45, 7) is 1.46. The smallest absolute Gasteiger partial charge is 0.224 e. The Morgan fingerprint density at radius 2 is 2.07 bits per heavy atom. The maximum Gasteiger partial charge on any atom is 0.224 e. The van der Waals surface area contributed by atoms with Crippen LogP contribution in [0.25, 0.3) is 11.3 Å². The standard InChI is InChI=1S/C22H23N5O/c28-22-10-18(14-27(22)21-11-19(21)15-5-2-1-3-6-15)24-13-17-9-20(26-25-17)16-7-4-8-23-12-16/h1-9,12,18-19,21,24H,10-11,13-14H2,(H,25,26). The molecule has 3 atom stereocenters. The van der Waals surface area contributed by atoms with Gasteiger partial charge in [-0.2, -0.15) is 5.10 Å². The molecule has 1 amide bonds. The van der Waals surface area contributed by atoms with Crippen LogP contribution in [0.1, 0.15) is 30.0 Å². The molecule has 1 saturated heterocycles. The quantitative estimate of drug-likeness (QED) is 0.697. The number of hydrogen-bond donors (Lipinski definition) is 2. The van der Waals surface area contributed by atoms with Gasteiger partial charge >= 0.3 is 0 Å². The number of aromatic nitrogens is 3. The number of hydrogen-bond acceptors (Lipinski definition) is 4. The molecule has 2 aliphatic rings. The number of carbonyl (C=O) groups excluding carboxylic acids is 1. The number of H-pyrrole nitrogens is 1. The first kappa shape index (κ1) is 17.1. The van der Waals surface area contributed by atoms with Crippen molar-refractivity contribution in [3.63, 3.8) is 0 Å². The zero-order valence-electron chi connectivity index (χ0n) is 15.6. The van der Waals surface area contributed by atoms with Crippen molar-refractivity contribution in [2.24, 2.45) is 0 Å². The summed E-state index contributed by atoms with van der Waals surface area (Å²) in [5.41, 5.74) is 4.24. The van der Waals surface area contributed by atoms with Gasteiger partial charge in [0.2, 0.25) is 5.91 Å². The molecule has 5 rings (SSSR count). The van der Waals surface area contributed by atoms with Gasteiger partial charge in [-0.15, -0.1) is 0 Å². The maximum absolute atomic E-state index is 12.5. The van der Waals surface area contributed by atoms with Gasteiger partial charge in [-0.25, -0.2) is 0 Å². The van der Waals surface area contributed by atoms with Gasteiger partial charge in [0.1, 0.15) is 0 Å². The van der Waals surface area contributed by atoms with Gasteiger partial charge in [-0.05, 0) is 30.2 Å². The third-order valence-corrected chi connectivity index (χ3v) is 5.71. The summed E-state index contributed by atoms with van der Waals surface area (Å²) >= 11 is 0. The van der Waals surface area contributed by atoms with Crippen LogP contribution in [0.3, 0.4) is 0 Å². The molecule has 1 aliphatic carbocycles. The van der Waals surface area contributed by atoms with E-state index < -0.39 is 0 Å². The number of pyridine rings is 1. The van der Waals surface area contributed by atoms with Gasteiger partial charge in [0, 0.05) is 61.2 Å². The third-order valence-electron chi connectivity index (χ3n) is 5.71. The number of aromatic amines is 1. The molecule has 142 valence electrons. The number of likely N-dealkylation sites (tertiary alicyclic amines) is 1. The summed E-state index contributed by atoms with van der Waals surface area (Å²) in [7, 11) is 0. The Kier molecular flexibility index (Phi) is 4.41. The molecule has 6 nitrogen and oxygen atoms in total. The molecule has 0 bridgehead atoms. The summed E-state index contributed by atoms with van der Waals surface area (Å²) in [5, 5.41) is 10.9. The third kappa shape index (κ3) is 3.43. The topological polar surface area (TPSA) is 73.9 Å². The van der Waals surface area contributed by atoms with E-state index in [-0.39, 0.29) is 11.9 Å². The van der Waals surface area contributed by atoms with Crippen LogP contribution >= 0.6 is 0 Å². The number of rotatable bonds is 6. The van der Waals surface area contributed by atoms with Gasteiger partial charge in [-0.1, -0.05) is 30.3 Å². The van der Waals surface area contributed by atoms with Crippen molar-refractivity contribution in [2.45, 2.75) is 37.4 Å². The second kappa shape index (κ2) is 7.20. The van der Waals surface area contributed by atoms with Crippen LogP contribution in [0, 0.1) is 0 Å². The van der Waals surface area contributed by atoms with Crippen molar-refractivity contribution in [1.82, 2.24) is 25.4 Å². The van der Waals surface area contributed by atoms with E-state index in [0.29, 0.717) is 24.9 Å². The SMILES string of the molecule is O=C1CC(NCc2cc(-c3cccnc3)n[nH]2)CN1C1CC1c1ccccc1. The predicted octanol–water partition coefficient (Wildman–Crippen LogP) is 2.72. The molecule has 3 unspecified atom stereocenters. The first-order valence-electron chi connectivity index (χ1n) is 9.80. The van der Waals surface area contributed by atoms with Crippen LogP contribution < -0.4 is 5.32 Å². The van der Waals surface area contributed by atoms with Crippen LogP contribution in [0.4, 0.5) is 0 Å². The van der Waals surface area contributed by atoms with Crippen molar-refractivity contribution in [1.29, 1.82) is 0 Å². The highest BCUT2D eigenvalue weighted by Gasteiger charge is 2.47. The first-order valence-corrected chi connectivity index (χ1v) is 9.80. The summed E-state index contributed by atoms with van der Waals surface area (Å²) in [5.74, 6) is 0.764. The van der Waals surface area contributed by atoms with Gasteiger partial charge in [0.25, 0.3) is 0 Å². The van der Waals surface area contributed by atoms with E-state index in [0.717, 1.165) is 29.9 Å². The van der Waals surface area contributed by atoms with E-state index in [1.165, 1.54) is 5.56 Å². The fourth-order valence-electron chi connectivity index (χ4n) is 4.14. The minimum Gasteiger partial charge on any atom is -0.337 e. The average molecular weight is 373 g/mol. The van der Waals surface area contributed by atoms with Crippen molar-refractivity contribution < 1.29 is 4.79 Å². The molecule has 1 saturated carbocycles. The van der Waals surface area contributed by atoms with Crippen molar-refractivity contribution >= 4 is 5.91 Å². The van der Waals surface area contributed by atoms with Crippen LogP contribution in [-0.4, -0.2) is 44.6 Å². The predicted molar refractivity (Wildman–Crippen MR) is 106 cm³/mol. The number of benzene rings is 1. The molecule has 1 aliphatic heterocycles. The minimum atomic E-state index is 0.190. The minimum absolute atomic E-state index is 0.190. The second-order valence-electron chi connectivity index (χ2n) is 7.67. The van der Waals surface area contributed by atoms with Gasteiger partial charge in [0.05, 0.1) is 5.69 Å². The summed E-state index contributed by atoms with van der Waals surface area (Å²) in [6, 6.07) is 17.0. The maximum atomic E-state index is 12.5. The first-order chi connectivity index (χ1) is 13.8. The Bertz CT molecular complexity index is 955. The molecular weight excluding hydrogens is 350 g/mol. The lowest BCUT2D eigenvalue weighted by Crippen LogP contribution is -2.34. The van der Waals surface area contributed by atoms with Crippen LogP contribution in [-0.2, 0) is 11.3 Å². The Morgan fingerprint density at radius 1 is 1.18 bits per heavy atom. The van der Waals surface area contributed by atoms with Crippen molar-refractivity contribution in [2.75, 3.05) is 6.54 Å². The lowest BCUT2D eigenvalue weighted by molar-refractivity contribution is -0.128. The Hall–Kier alpha value is -2.99. The highest BCUT2D eigenvalue weighted by molar-refractivity contribution is 5.80. The number of amides is 1. The zero-order valence-corrected chi connectivity index (χ0v) is 15.6. The molecule has 3 heterocycles. The summed E-state index contributed by atoms with van der Waals surface area (Å²) < 4.78 is 0. The lowest BCUT2D eigenvalue weighted by atomic mass is 10.1. The molecule has 1 aromatic carbocycles. The Balaban J connectivity index is 1.16. The molecule has 2 N–H and O–H groups in total. The molecule has 2 fully saturated rings. The van der Waals surface area contributed by atoms with Gasteiger partial charge < -0.3 is 10.2 Å². The normalized spacial score (nSPS) is 23.9. The molecule has 3 aromatic rings. The molecule has 0 radical (unpaired) electrons. The van der Waals surface area contributed by atoms with Gasteiger partial charge in [-0.3, -0.25) is 14.9 Å². The molecule has 28 heavy (non-hydrogen) atoms. The molecule has 0 spiro atoms. The van der Waals surface area contributed by atoms with Crippen LogP contribution in [0.5, 0.6) is 0 Å². The van der Waals surface area contributed by atoms with E-state index in [9.17, 15) is 4.79 Å². The van der Waals surface area contributed by atoms with Crippen LogP contribution in [0.15, 0.2) is 60.9 Å².